The monoisotopic (exact) mass is 304 g/mol. The van der Waals surface area contributed by atoms with Gasteiger partial charge in [0.15, 0.2) is 5.82 Å². The Bertz CT molecular complexity index is 773. The van der Waals surface area contributed by atoms with Crippen LogP contribution >= 0.6 is 0 Å². The van der Waals surface area contributed by atoms with Gasteiger partial charge in [0.1, 0.15) is 0 Å². The Balaban J connectivity index is 1.85. The van der Waals surface area contributed by atoms with Crippen LogP contribution in [0.1, 0.15) is 23.9 Å². The van der Waals surface area contributed by atoms with Crippen LogP contribution in [0.2, 0.25) is 0 Å². The van der Waals surface area contributed by atoms with Crippen molar-refractivity contribution in [3.8, 4) is 0 Å². The highest BCUT2D eigenvalue weighted by molar-refractivity contribution is 5.53. The van der Waals surface area contributed by atoms with Crippen LogP contribution in [0.3, 0.4) is 0 Å². The molecule has 0 fully saturated rings. The molecule has 0 bridgehead atoms. The number of nitrogens with one attached hydrogen (secondary N) is 1. The van der Waals surface area contributed by atoms with Gasteiger partial charge in [-0.15, -0.1) is 0 Å². The first kappa shape index (κ1) is 15.0. The number of rotatable bonds is 6. The third-order valence-corrected chi connectivity index (χ3v) is 3.61. The Morgan fingerprint density at radius 3 is 2.48 bits per heavy atom. The fourth-order valence-electron chi connectivity index (χ4n) is 2.32. The molecule has 0 radical (unpaired) electrons. The van der Waals surface area contributed by atoms with Gasteiger partial charge in [-0.3, -0.25) is 0 Å². The van der Waals surface area contributed by atoms with E-state index in [9.17, 15) is 0 Å². The Morgan fingerprint density at radius 2 is 1.83 bits per heavy atom. The zero-order valence-electron chi connectivity index (χ0n) is 13.2. The molecule has 0 saturated heterocycles. The summed E-state index contributed by atoms with van der Waals surface area (Å²) in [5.74, 6) is 1.60. The minimum atomic E-state index is 0.680. The smallest absolute Gasteiger partial charge is 0.226 e. The molecule has 1 heterocycles. The number of para-hydroxylation sites is 1. The Hall–Kier alpha value is -2.88. The van der Waals surface area contributed by atoms with Crippen molar-refractivity contribution in [2.45, 2.75) is 19.9 Å². The first-order valence-electron chi connectivity index (χ1n) is 7.75. The van der Waals surface area contributed by atoms with Gasteiger partial charge in [0.25, 0.3) is 0 Å². The van der Waals surface area contributed by atoms with E-state index in [0.717, 1.165) is 29.4 Å². The van der Waals surface area contributed by atoms with Crippen molar-refractivity contribution in [3.05, 3.63) is 78.1 Å². The average molecular weight is 304 g/mol. The molecule has 0 aliphatic rings. The zero-order chi connectivity index (χ0) is 16.1. The molecule has 4 nitrogen and oxygen atoms in total. The molecule has 23 heavy (non-hydrogen) atoms. The summed E-state index contributed by atoms with van der Waals surface area (Å²) in [5.41, 5.74) is 3.30. The van der Waals surface area contributed by atoms with E-state index in [1.807, 2.05) is 41.1 Å². The molecule has 2 aromatic carbocycles. The summed E-state index contributed by atoms with van der Waals surface area (Å²) < 4.78 is 1.91. The SMILES string of the molecule is C=Cc1ccc(Cn2nc(CC)nc2Nc2ccccc2)cc1. The van der Waals surface area contributed by atoms with E-state index in [4.69, 9.17) is 0 Å². The molecule has 0 amide bonds. The van der Waals surface area contributed by atoms with Gasteiger partial charge in [-0.25, -0.2) is 4.68 Å². The highest BCUT2D eigenvalue weighted by Crippen LogP contribution is 2.16. The number of hydrogen-bond acceptors (Lipinski definition) is 3. The second kappa shape index (κ2) is 6.92. The van der Waals surface area contributed by atoms with Crippen LogP contribution in [0.4, 0.5) is 11.6 Å². The number of aromatic nitrogens is 3. The molecule has 0 atom stereocenters. The Labute approximate surface area is 136 Å². The molecular weight excluding hydrogens is 284 g/mol. The van der Waals surface area contributed by atoms with Crippen molar-refractivity contribution < 1.29 is 0 Å². The van der Waals surface area contributed by atoms with E-state index in [2.05, 4.69) is 53.2 Å². The summed E-state index contributed by atoms with van der Waals surface area (Å²) in [6.07, 6.45) is 2.66. The highest BCUT2D eigenvalue weighted by atomic mass is 15.4. The fourth-order valence-corrected chi connectivity index (χ4v) is 2.32. The summed E-state index contributed by atoms with van der Waals surface area (Å²) in [7, 11) is 0. The molecule has 1 N–H and O–H groups in total. The first-order chi connectivity index (χ1) is 11.3. The normalized spacial score (nSPS) is 10.5. The number of anilines is 2. The van der Waals surface area contributed by atoms with E-state index in [1.165, 1.54) is 5.56 Å². The molecule has 1 aromatic heterocycles. The van der Waals surface area contributed by atoms with Crippen LogP contribution in [0.25, 0.3) is 6.08 Å². The van der Waals surface area contributed by atoms with E-state index in [-0.39, 0.29) is 0 Å². The largest absolute Gasteiger partial charge is 0.324 e. The van der Waals surface area contributed by atoms with Gasteiger partial charge >= 0.3 is 0 Å². The Morgan fingerprint density at radius 1 is 1.09 bits per heavy atom. The molecule has 0 spiro atoms. The van der Waals surface area contributed by atoms with Gasteiger partial charge in [0.2, 0.25) is 5.95 Å². The number of benzene rings is 2. The molecule has 3 aromatic rings. The summed E-state index contributed by atoms with van der Waals surface area (Å²) in [5, 5.41) is 7.93. The quantitative estimate of drug-likeness (QED) is 0.739. The van der Waals surface area contributed by atoms with Gasteiger partial charge in [-0.1, -0.05) is 62.0 Å². The second-order valence-corrected chi connectivity index (χ2v) is 5.30. The third-order valence-electron chi connectivity index (χ3n) is 3.61. The molecule has 3 rings (SSSR count). The van der Waals surface area contributed by atoms with Crippen LogP contribution in [0.15, 0.2) is 61.2 Å². The maximum atomic E-state index is 4.59. The fraction of sp³-hybridized carbons (Fsp3) is 0.158. The maximum absolute atomic E-state index is 4.59. The molecule has 0 unspecified atom stereocenters. The molecule has 116 valence electrons. The summed E-state index contributed by atoms with van der Waals surface area (Å²) in [6.45, 7) is 6.52. The van der Waals surface area contributed by atoms with Crippen molar-refractivity contribution in [2.75, 3.05) is 5.32 Å². The lowest BCUT2D eigenvalue weighted by molar-refractivity contribution is 0.681. The van der Waals surface area contributed by atoms with Gasteiger partial charge < -0.3 is 5.32 Å². The van der Waals surface area contributed by atoms with Crippen LogP contribution in [-0.2, 0) is 13.0 Å². The summed E-state index contributed by atoms with van der Waals surface area (Å²) in [4.78, 5) is 4.58. The predicted octanol–water partition coefficient (Wildman–Crippen LogP) is 4.28. The van der Waals surface area contributed by atoms with E-state index >= 15 is 0 Å². The number of aryl methyl sites for hydroxylation is 1. The Kier molecular flexibility index (Phi) is 4.52. The average Bonchev–Trinajstić information content (AvgIpc) is 2.98. The van der Waals surface area contributed by atoms with Gasteiger partial charge in [-0.2, -0.15) is 10.1 Å². The van der Waals surface area contributed by atoms with Crippen molar-refractivity contribution in [1.82, 2.24) is 14.8 Å². The van der Waals surface area contributed by atoms with E-state index < -0.39 is 0 Å². The van der Waals surface area contributed by atoms with Crippen molar-refractivity contribution in [2.24, 2.45) is 0 Å². The zero-order valence-corrected chi connectivity index (χ0v) is 13.2. The minimum Gasteiger partial charge on any atom is -0.324 e. The standard InChI is InChI=1S/C19H20N4/c1-3-15-10-12-16(13-11-15)14-23-19(21-18(4-2)22-23)20-17-8-6-5-7-9-17/h3,5-13H,1,4,14H2,2H3,(H,20,21,22). The van der Waals surface area contributed by atoms with Gasteiger partial charge in [0.05, 0.1) is 6.54 Å². The predicted molar refractivity (Wildman–Crippen MR) is 94.8 cm³/mol. The lowest BCUT2D eigenvalue weighted by Gasteiger charge is -2.08. The van der Waals surface area contributed by atoms with Crippen molar-refractivity contribution >= 4 is 17.7 Å². The highest BCUT2D eigenvalue weighted by Gasteiger charge is 2.09. The minimum absolute atomic E-state index is 0.680. The molecule has 0 saturated carbocycles. The van der Waals surface area contributed by atoms with Crippen LogP contribution < -0.4 is 5.32 Å². The number of nitrogens with zero attached hydrogens (tertiary/aromatic N) is 3. The van der Waals surface area contributed by atoms with Crippen LogP contribution in [-0.4, -0.2) is 14.8 Å². The lowest BCUT2D eigenvalue weighted by atomic mass is 10.1. The second-order valence-electron chi connectivity index (χ2n) is 5.30. The summed E-state index contributed by atoms with van der Waals surface area (Å²) >= 11 is 0. The topological polar surface area (TPSA) is 42.7 Å². The van der Waals surface area contributed by atoms with Gasteiger partial charge in [0, 0.05) is 12.1 Å². The van der Waals surface area contributed by atoms with Crippen molar-refractivity contribution in [3.63, 3.8) is 0 Å². The van der Waals surface area contributed by atoms with E-state index in [1.54, 1.807) is 0 Å². The van der Waals surface area contributed by atoms with Crippen LogP contribution in [0, 0.1) is 0 Å². The van der Waals surface area contributed by atoms with Crippen molar-refractivity contribution in [1.29, 1.82) is 0 Å². The number of hydrogen-bond donors (Lipinski definition) is 1. The first-order valence-corrected chi connectivity index (χ1v) is 7.75. The molecule has 4 heteroatoms. The molecule has 0 aliphatic carbocycles. The maximum Gasteiger partial charge on any atom is 0.226 e. The van der Waals surface area contributed by atoms with E-state index in [0.29, 0.717) is 6.54 Å². The molecular formula is C19H20N4. The molecule has 0 aliphatic heterocycles. The summed E-state index contributed by atoms with van der Waals surface area (Å²) in [6, 6.07) is 18.3. The van der Waals surface area contributed by atoms with Gasteiger partial charge in [-0.05, 0) is 23.3 Å². The lowest BCUT2D eigenvalue weighted by Crippen LogP contribution is -2.07. The third kappa shape index (κ3) is 3.66. The van der Waals surface area contributed by atoms with Crippen LogP contribution in [0.5, 0.6) is 0 Å².